The van der Waals surface area contributed by atoms with Gasteiger partial charge < -0.3 is 4.90 Å². The highest BCUT2D eigenvalue weighted by Crippen LogP contribution is 2.22. The Hall–Kier alpha value is -1.59. The van der Waals surface area contributed by atoms with Crippen molar-refractivity contribution in [3.63, 3.8) is 0 Å². The molecule has 1 heterocycles. The monoisotopic (exact) mass is 383 g/mol. The summed E-state index contributed by atoms with van der Waals surface area (Å²) in [5, 5.41) is 0.970. The Kier molecular flexibility index (Phi) is 6.85. The Bertz CT molecular complexity index is 820. The van der Waals surface area contributed by atoms with Crippen molar-refractivity contribution >= 4 is 40.0 Å². The van der Waals surface area contributed by atoms with Gasteiger partial charge in [-0.1, -0.05) is 18.5 Å². The average molecular weight is 384 g/mol. The number of rotatable bonds is 7. The molecule has 0 aliphatic heterocycles. The number of hydrogen-bond donors (Lipinski definition) is 0. The smallest absolute Gasteiger partial charge is 0.261 e. The minimum atomic E-state index is -0.305. The van der Waals surface area contributed by atoms with Gasteiger partial charge in [-0.25, -0.2) is 4.98 Å². The molecule has 2 aromatic rings. The predicted molar refractivity (Wildman–Crippen MR) is 102 cm³/mol. The lowest BCUT2D eigenvalue weighted by Crippen LogP contribution is -2.37. The SMILES string of the molecule is CCCN(C(=O)CCCCl)C(C)c1nc2ccc(Cl)cc2c(=O)n1C. The molecule has 0 aliphatic rings. The van der Waals surface area contributed by atoms with Crippen molar-refractivity contribution in [2.45, 2.75) is 39.2 Å². The standard InChI is InChI=1S/C18H23Cl2N3O2/c1-4-10-23(16(24)6-5-9-19)12(2)17-21-15-8-7-13(20)11-14(15)18(25)22(17)3/h7-8,11-12H,4-6,9-10H2,1-3H3. The van der Waals surface area contributed by atoms with E-state index in [0.29, 0.717) is 47.0 Å². The summed E-state index contributed by atoms with van der Waals surface area (Å²) in [7, 11) is 1.68. The number of carbonyl (C=O) groups is 1. The molecule has 0 bridgehead atoms. The summed E-state index contributed by atoms with van der Waals surface area (Å²) in [4.78, 5) is 31.6. The fourth-order valence-electron chi connectivity index (χ4n) is 2.91. The lowest BCUT2D eigenvalue weighted by molar-refractivity contribution is -0.133. The molecule has 1 unspecified atom stereocenters. The first-order valence-corrected chi connectivity index (χ1v) is 9.33. The van der Waals surface area contributed by atoms with Crippen LogP contribution in [0.1, 0.15) is 45.0 Å². The van der Waals surface area contributed by atoms with E-state index in [0.717, 1.165) is 6.42 Å². The van der Waals surface area contributed by atoms with Gasteiger partial charge in [0.2, 0.25) is 5.91 Å². The number of alkyl halides is 1. The summed E-state index contributed by atoms with van der Waals surface area (Å²) < 4.78 is 1.50. The van der Waals surface area contributed by atoms with Gasteiger partial charge in [0.1, 0.15) is 5.82 Å². The Morgan fingerprint density at radius 2 is 2.12 bits per heavy atom. The van der Waals surface area contributed by atoms with Crippen molar-refractivity contribution in [3.05, 3.63) is 39.4 Å². The van der Waals surface area contributed by atoms with Crippen LogP contribution in [0.5, 0.6) is 0 Å². The Balaban J connectivity index is 2.47. The van der Waals surface area contributed by atoms with E-state index >= 15 is 0 Å². The quantitative estimate of drug-likeness (QED) is 0.681. The maximum Gasteiger partial charge on any atom is 0.261 e. The molecule has 7 heteroatoms. The van der Waals surface area contributed by atoms with Gasteiger partial charge in [-0.15, -0.1) is 11.6 Å². The van der Waals surface area contributed by atoms with Crippen molar-refractivity contribution in [1.29, 1.82) is 0 Å². The number of fused-ring (bicyclic) bond motifs is 1. The minimum absolute atomic E-state index is 0.0282. The molecule has 1 aromatic carbocycles. The van der Waals surface area contributed by atoms with Crippen LogP contribution in [0.2, 0.25) is 5.02 Å². The summed E-state index contributed by atoms with van der Waals surface area (Å²) in [6.07, 6.45) is 1.86. The molecule has 0 fully saturated rings. The fourth-order valence-corrected chi connectivity index (χ4v) is 3.22. The van der Waals surface area contributed by atoms with Crippen molar-refractivity contribution in [3.8, 4) is 0 Å². The fraction of sp³-hybridized carbons (Fsp3) is 0.500. The highest BCUT2D eigenvalue weighted by molar-refractivity contribution is 6.31. The second-order valence-corrected chi connectivity index (χ2v) is 6.87. The van der Waals surface area contributed by atoms with Crippen LogP contribution < -0.4 is 5.56 Å². The summed E-state index contributed by atoms with van der Waals surface area (Å²) in [6, 6.07) is 4.76. The van der Waals surface area contributed by atoms with E-state index < -0.39 is 0 Å². The van der Waals surface area contributed by atoms with Crippen molar-refractivity contribution in [1.82, 2.24) is 14.5 Å². The Morgan fingerprint density at radius 1 is 1.40 bits per heavy atom. The van der Waals surface area contributed by atoms with Crippen LogP contribution in [0.15, 0.2) is 23.0 Å². The van der Waals surface area contributed by atoms with Crippen molar-refractivity contribution in [2.75, 3.05) is 12.4 Å². The van der Waals surface area contributed by atoms with E-state index in [4.69, 9.17) is 23.2 Å². The van der Waals surface area contributed by atoms with Gasteiger partial charge in [-0.05, 0) is 38.0 Å². The molecule has 0 saturated carbocycles. The molecule has 136 valence electrons. The summed E-state index contributed by atoms with van der Waals surface area (Å²) in [6.45, 7) is 4.53. The number of nitrogens with zero attached hydrogens (tertiary/aromatic N) is 3. The third-order valence-electron chi connectivity index (χ3n) is 4.22. The molecule has 0 spiro atoms. The van der Waals surface area contributed by atoms with E-state index in [-0.39, 0.29) is 17.5 Å². The molecule has 0 aliphatic carbocycles. The molecule has 0 radical (unpaired) electrons. The van der Waals surface area contributed by atoms with Crippen molar-refractivity contribution in [2.24, 2.45) is 7.05 Å². The number of hydrogen-bond acceptors (Lipinski definition) is 3. The highest BCUT2D eigenvalue weighted by atomic mass is 35.5. The second kappa shape index (κ2) is 8.68. The molecule has 25 heavy (non-hydrogen) atoms. The molecule has 5 nitrogen and oxygen atoms in total. The lowest BCUT2D eigenvalue weighted by atomic mass is 10.1. The number of halogens is 2. The predicted octanol–water partition coefficient (Wildman–Crippen LogP) is 3.91. The van der Waals surface area contributed by atoms with Crippen LogP contribution in [-0.2, 0) is 11.8 Å². The van der Waals surface area contributed by atoms with E-state index in [1.54, 1.807) is 30.1 Å². The van der Waals surface area contributed by atoms with Gasteiger partial charge in [-0.2, -0.15) is 0 Å². The largest absolute Gasteiger partial charge is 0.333 e. The first-order chi connectivity index (χ1) is 11.9. The van der Waals surface area contributed by atoms with Crippen LogP contribution in [-0.4, -0.2) is 32.8 Å². The number of carbonyl (C=O) groups excluding carboxylic acids is 1. The third kappa shape index (κ3) is 4.33. The summed E-state index contributed by atoms with van der Waals surface area (Å²) >= 11 is 11.7. The van der Waals surface area contributed by atoms with Crippen LogP contribution in [0.25, 0.3) is 10.9 Å². The van der Waals surface area contributed by atoms with Gasteiger partial charge >= 0.3 is 0 Å². The third-order valence-corrected chi connectivity index (χ3v) is 4.72. The number of benzene rings is 1. The van der Waals surface area contributed by atoms with Gasteiger partial charge in [0.05, 0.1) is 16.9 Å². The summed E-state index contributed by atoms with van der Waals surface area (Å²) in [5.74, 6) is 1.04. The van der Waals surface area contributed by atoms with Crippen LogP contribution in [0, 0.1) is 0 Å². The normalized spacial score (nSPS) is 12.4. The first kappa shape index (κ1) is 19.7. The zero-order valence-electron chi connectivity index (χ0n) is 14.8. The van der Waals surface area contributed by atoms with Crippen LogP contribution in [0.3, 0.4) is 0 Å². The van der Waals surface area contributed by atoms with Gasteiger partial charge in [-0.3, -0.25) is 14.2 Å². The lowest BCUT2D eigenvalue weighted by Gasteiger charge is -2.29. The maximum atomic E-state index is 12.7. The van der Waals surface area contributed by atoms with Gasteiger partial charge in [0, 0.05) is 30.9 Å². The molecule has 1 aromatic heterocycles. The number of aromatic nitrogens is 2. The highest BCUT2D eigenvalue weighted by Gasteiger charge is 2.24. The van der Waals surface area contributed by atoms with E-state index in [2.05, 4.69) is 4.98 Å². The van der Waals surface area contributed by atoms with Gasteiger partial charge in [0.15, 0.2) is 0 Å². The van der Waals surface area contributed by atoms with Gasteiger partial charge in [0.25, 0.3) is 5.56 Å². The molecule has 0 saturated heterocycles. The zero-order chi connectivity index (χ0) is 18.6. The molecule has 1 atom stereocenters. The molecule has 2 rings (SSSR count). The van der Waals surface area contributed by atoms with E-state index in [9.17, 15) is 9.59 Å². The Labute approximate surface area is 157 Å². The zero-order valence-corrected chi connectivity index (χ0v) is 16.3. The molecule has 0 N–H and O–H groups in total. The van der Waals surface area contributed by atoms with Crippen LogP contribution in [0.4, 0.5) is 0 Å². The topological polar surface area (TPSA) is 55.2 Å². The maximum absolute atomic E-state index is 12.7. The van der Waals surface area contributed by atoms with E-state index in [1.807, 2.05) is 13.8 Å². The van der Waals surface area contributed by atoms with Crippen LogP contribution >= 0.6 is 23.2 Å². The molecular weight excluding hydrogens is 361 g/mol. The Morgan fingerprint density at radius 3 is 2.76 bits per heavy atom. The number of amides is 1. The molecular formula is C18H23Cl2N3O2. The summed E-state index contributed by atoms with van der Waals surface area (Å²) in [5.41, 5.74) is 0.415. The molecule has 1 amide bonds. The first-order valence-electron chi connectivity index (χ1n) is 8.42. The second-order valence-electron chi connectivity index (χ2n) is 6.05. The average Bonchev–Trinajstić information content (AvgIpc) is 2.60. The minimum Gasteiger partial charge on any atom is -0.333 e. The van der Waals surface area contributed by atoms with Crippen molar-refractivity contribution < 1.29 is 4.79 Å². The van der Waals surface area contributed by atoms with E-state index in [1.165, 1.54) is 4.57 Å².